The van der Waals surface area contributed by atoms with Gasteiger partial charge in [-0.05, 0) is 32.4 Å². The SMILES string of the molecule is CCc1nn(C)c(NC(=O)c2cnc(-c3cccnc3)nc2C)c1C. The molecule has 25 heavy (non-hydrogen) atoms. The molecule has 0 aliphatic heterocycles. The third kappa shape index (κ3) is 3.26. The number of hydrogen-bond acceptors (Lipinski definition) is 5. The number of pyridine rings is 1. The number of carbonyl (C=O) groups excluding carboxylic acids is 1. The summed E-state index contributed by atoms with van der Waals surface area (Å²) in [6, 6.07) is 3.71. The van der Waals surface area contributed by atoms with Crippen LogP contribution in [0, 0.1) is 13.8 Å². The zero-order valence-corrected chi connectivity index (χ0v) is 14.7. The number of aryl methyl sites for hydroxylation is 3. The van der Waals surface area contributed by atoms with E-state index in [1.165, 1.54) is 0 Å². The van der Waals surface area contributed by atoms with E-state index in [2.05, 4.69) is 25.4 Å². The van der Waals surface area contributed by atoms with E-state index in [-0.39, 0.29) is 5.91 Å². The molecule has 7 heteroatoms. The largest absolute Gasteiger partial charge is 0.306 e. The van der Waals surface area contributed by atoms with Gasteiger partial charge in [0.2, 0.25) is 0 Å². The van der Waals surface area contributed by atoms with Gasteiger partial charge in [0.25, 0.3) is 5.91 Å². The fraction of sp³-hybridized carbons (Fsp3) is 0.278. The molecule has 3 aromatic rings. The number of carbonyl (C=O) groups is 1. The summed E-state index contributed by atoms with van der Waals surface area (Å²) in [6.45, 7) is 5.79. The quantitative estimate of drug-likeness (QED) is 0.792. The number of aromatic nitrogens is 5. The summed E-state index contributed by atoms with van der Waals surface area (Å²) in [5.74, 6) is 0.994. The van der Waals surface area contributed by atoms with Crippen molar-refractivity contribution in [2.75, 3.05) is 5.32 Å². The van der Waals surface area contributed by atoms with Gasteiger partial charge in [0.15, 0.2) is 5.82 Å². The van der Waals surface area contributed by atoms with Crippen LogP contribution < -0.4 is 5.32 Å². The van der Waals surface area contributed by atoms with Crippen molar-refractivity contribution in [1.29, 1.82) is 0 Å². The van der Waals surface area contributed by atoms with Crippen molar-refractivity contribution >= 4 is 11.7 Å². The maximum atomic E-state index is 12.6. The second kappa shape index (κ2) is 6.80. The summed E-state index contributed by atoms with van der Waals surface area (Å²) in [5.41, 5.74) is 3.81. The molecule has 0 saturated carbocycles. The highest BCUT2D eigenvalue weighted by molar-refractivity contribution is 6.04. The van der Waals surface area contributed by atoms with Crippen molar-refractivity contribution in [3.63, 3.8) is 0 Å². The molecule has 0 atom stereocenters. The standard InChI is InChI=1S/C18H20N6O/c1-5-15-11(2)17(24(4)23-15)22-18(25)14-10-20-16(21-12(14)3)13-7-6-8-19-9-13/h6-10H,5H2,1-4H3,(H,22,25). The predicted molar refractivity (Wildman–Crippen MR) is 95.3 cm³/mol. The first-order valence-electron chi connectivity index (χ1n) is 8.09. The second-order valence-electron chi connectivity index (χ2n) is 5.79. The Bertz CT molecular complexity index is 917. The van der Waals surface area contributed by atoms with Gasteiger partial charge in [0.1, 0.15) is 5.82 Å². The van der Waals surface area contributed by atoms with E-state index in [4.69, 9.17) is 0 Å². The van der Waals surface area contributed by atoms with Crippen LogP contribution in [0.5, 0.6) is 0 Å². The maximum absolute atomic E-state index is 12.6. The van der Waals surface area contributed by atoms with E-state index in [0.29, 0.717) is 22.9 Å². The number of hydrogen-bond donors (Lipinski definition) is 1. The van der Waals surface area contributed by atoms with Gasteiger partial charge in [-0.25, -0.2) is 9.97 Å². The predicted octanol–water partition coefficient (Wildman–Crippen LogP) is 2.70. The molecule has 128 valence electrons. The van der Waals surface area contributed by atoms with Gasteiger partial charge in [0.05, 0.1) is 17.0 Å². The molecule has 7 nitrogen and oxygen atoms in total. The summed E-state index contributed by atoms with van der Waals surface area (Å²) in [6.07, 6.45) is 5.75. The molecule has 1 N–H and O–H groups in total. The van der Waals surface area contributed by atoms with Crippen LogP contribution in [0.3, 0.4) is 0 Å². The Labute approximate surface area is 146 Å². The molecule has 0 unspecified atom stereocenters. The minimum Gasteiger partial charge on any atom is -0.306 e. The zero-order valence-electron chi connectivity index (χ0n) is 14.7. The second-order valence-corrected chi connectivity index (χ2v) is 5.79. The van der Waals surface area contributed by atoms with Crippen LogP contribution in [0.4, 0.5) is 5.82 Å². The lowest BCUT2D eigenvalue weighted by Gasteiger charge is -2.09. The topological polar surface area (TPSA) is 85.6 Å². The molecule has 3 rings (SSSR count). The van der Waals surface area contributed by atoms with Gasteiger partial charge >= 0.3 is 0 Å². The van der Waals surface area contributed by atoms with Crippen LogP contribution in [0.1, 0.15) is 34.2 Å². The Kier molecular flexibility index (Phi) is 4.56. The average molecular weight is 336 g/mol. The van der Waals surface area contributed by atoms with Gasteiger partial charge in [-0.3, -0.25) is 14.5 Å². The highest BCUT2D eigenvalue weighted by atomic mass is 16.1. The summed E-state index contributed by atoms with van der Waals surface area (Å²) >= 11 is 0. The van der Waals surface area contributed by atoms with E-state index < -0.39 is 0 Å². The zero-order chi connectivity index (χ0) is 18.0. The monoisotopic (exact) mass is 336 g/mol. The molecule has 3 aromatic heterocycles. The van der Waals surface area contributed by atoms with E-state index in [1.807, 2.05) is 33.0 Å². The highest BCUT2D eigenvalue weighted by Gasteiger charge is 2.17. The molecule has 0 spiro atoms. The molecule has 3 heterocycles. The molecule has 0 aliphatic rings. The number of nitrogens with zero attached hydrogens (tertiary/aromatic N) is 5. The number of rotatable bonds is 4. The van der Waals surface area contributed by atoms with Crippen LogP contribution >= 0.6 is 0 Å². The average Bonchev–Trinajstić information content (AvgIpc) is 2.89. The number of anilines is 1. The van der Waals surface area contributed by atoms with E-state index in [0.717, 1.165) is 23.2 Å². The van der Waals surface area contributed by atoms with Crippen LogP contribution in [0.2, 0.25) is 0 Å². The molecule has 0 aliphatic carbocycles. The van der Waals surface area contributed by atoms with Gasteiger partial charge in [-0.1, -0.05) is 6.92 Å². The molecular weight excluding hydrogens is 316 g/mol. The minimum atomic E-state index is -0.246. The lowest BCUT2D eigenvalue weighted by molar-refractivity contribution is 0.102. The first kappa shape index (κ1) is 16.8. The van der Waals surface area contributed by atoms with Crippen molar-refractivity contribution in [1.82, 2.24) is 24.7 Å². The summed E-state index contributed by atoms with van der Waals surface area (Å²) in [4.78, 5) is 25.4. The molecule has 0 saturated heterocycles. The van der Waals surface area contributed by atoms with E-state index in [1.54, 1.807) is 30.2 Å². The summed E-state index contributed by atoms with van der Waals surface area (Å²) < 4.78 is 1.69. The first-order valence-corrected chi connectivity index (χ1v) is 8.09. The van der Waals surface area contributed by atoms with Crippen molar-refractivity contribution in [3.05, 3.63) is 53.2 Å². The normalized spacial score (nSPS) is 10.7. The van der Waals surface area contributed by atoms with Crippen LogP contribution in [-0.4, -0.2) is 30.6 Å². The van der Waals surface area contributed by atoms with Crippen molar-refractivity contribution in [2.45, 2.75) is 27.2 Å². The van der Waals surface area contributed by atoms with Crippen molar-refractivity contribution in [3.8, 4) is 11.4 Å². The first-order chi connectivity index (χ1) is 12.0. The highest BCUT2D eigenvalue weighted by Crippen LogP contribution is 2.20. The maximum Gasteiger partial charge on any atom is 0.260 e. The molecule has 0 aromatic carbocycles. The Morgan fingerprint density at radius 1 is 1.28 bits per heavy atom. The Morgan fingerprint density at radius 2 is 2.08 bits per heavy atom. The Morgan fingerprint density at radius 3 is 2.68 bits per heavy atom. The molecule has 1 amide bonds. The van der Waals surface area contributed by atoms with Gasteiger partial charge < -0.3 is 5.32 Å². The number of amides is 1. The Balaban J connectivity index is 1.87. The third-order valence-corrected chi connectivity index (χ3v) is 4.09. The van der Waals surface area contributed by atoms with Crippen molar-refractivity contribution in [2.24, 2.45) is 7.05 Å². The van der Waals surface area contributed by atoms with Crippen molar-refractivity contribution < 1.29 is 4.79 Å². The van der Waals surface area contributed by atoms with Gasteiger partial charge in [-0.15, -0.1) is 0 Å². The lowest BCUT2D eigenvalue weighted by atomic mass is 10.2. The fourth-order valence-electron chi connectivity index (χ4n) is 2.69. The van der Waals surface area contributed by atoms with Crippen LogP contribution in [0.25, 0.3) is 11.4 Å². The molecular formula is C18H20N6O. The van der Waals surface area contributed by atoms with Gasteiger partial charge in [0, 0.05) is 36.8 Å². The smallest absolute Gasteiger partial charge is 0.260 e. The summed E-state index contributed by atoms with van der Waals surface area (Å²) in [7, 11) is 1.82. The van der Waals surface area contributed by atoms with Gasteiger partial charge in [-0.2, -0.15) is 5.10 Å². The third-order valence-electron chi connectivity index (χ3n) is 4.09. The van der Waals surface area contributed by atoms with E-state index >= 15 is 0 Å². The molecule has 0 radical (unpaired) electrons. The van der Waals surface area contributed by atoms with E-state index in [9.17, 15) is 4.79 Å². The fourth-order valence-corrected chi connectivity index (χ4v) is 2.69. The number of nitrogens with one attached hydrogen (secondary N) is 1. The molecule has 0 fully saturated rings. The lowest BCUT2D eigenvalue weighted by Crippen LogP contribution is -2.17. The van der Waals surface area contributed by atoms with Crippen LogP contribution in [-0.2, 0) is 13.5 Å². The molecule has 0 bridgehead atoms. The summed E-state index contributed by atoms with van der Waals surface area (Å²) in [5, 5.41) is 7.33. The van der Waals surface area contributed by atoms with Crippen LogP contribution in [0.15, 0.2) is 30.7 Å². The Hall–Kier alpha value is -3.09. The minimum absolute atomic E-state index is 0.246.